The van der Waals surface area contributed by atoms with Gasteiger partial charge in [-0.15, -0.1) is 0 Å². The molecule has 0 unspecified atom stereocenters. The second kappa shape index (κ2) is 6.56. The maximum Gasteiger partial charge on any atom is 0.338 e. The Hall–Kier alpha value is -2.11. The molecule has 21 heavy (non-hydrogen) atoms. The van der Waals surface area contributed by atoms with Crippen molar-refractivity contribution < 1.29 is 19.4 Å². The molecule has 1 fully saturated rings. The lowest BCUT2D eigenvalue weighted by Gasteiger charge is -2.33. The molecule has 0 aliphatic heterocycles. The van der Waals surface area contributed by atoms with Crippen molar-refractivity contribution in [1.82, 2.24) is 4.98 Å². The van der Waals surface area contributed by atoms with E-state index in [2.05, 4.69) is 15.0 Å². The number of rotatable bonds is 5. The average molecular weight is 292 g/mol. The number of methoxy groups -OCH3 is 1. The zero-order chi connectivity index (χ0) is 15.3. The summed E-state index contributed by atoms with van der Waals surface area (Å²) < 4.78 is 4.66. The van der Waals surface area contributed by atoms with Gasteiger partial charge in [-0.2, -0.15) is 0 Å². The molecule has 6 heteroatoms. The Morgan fingerprint density at radius 2 is 2.10 bits per heavy atom. The molecule has 1 aromatic heterocycles. The number of aliphatic carboxylic acids is 1. The van der Waals surface area contributed by atoms with E-state index in [1.54, 1.807) is 12.1 Å². The molecule has 6 nitrogen and oxygen atoms in total. The number of hydrogen-bond donors (Lipinski definition) is 2. The Kier molecular flexibility index (Phi) is 4.77. The van der Waals surface area contributed by atoms with Crippen LogP contribution in [0.3, 0.4) is 0 Å². The minimum absolute atomic E-state index is 0.319. The second-order valence-corrected chi connectivity index (χ2v) is 5.42. The first-order chi connectivity index (χ1) is 10.1. The van der Waals surface area contributed by atoms with Crippen LogP contribution in [0.25, 0.3) is 0 Å². The zero-order valence-electron chi connectivity index (χ0n) is 12.1. The fourth-order valence-corrected chi connectivity index (χ4v) is 2.73. The number of carboxylic acids is 1. The summed E-state index contributed by atoms with van der Waals surface area (Å²) in [7, 11) is 1.32. The zero-order valence-corrected chi connectivity index (χ0v) is 12.1. The van der Waals surface area contributed by atoms with E-state index < -0.39 is 17.4 Å². The number of pyridine rings is 1. The Balaban J connectivity index is 2.07. The number of carboxylic acid groups (broad SMARTS) is 1. The molecule has 0 bridgehead atoms. The quantitative estimate of drug-likeness (QED) is 0.810. The van der Waals surface area contributed by atoms with E-state index in [0.717, 1.165) is 19.3 Å². The highest BCUT2D eigenvalue weighted by atomic mass is 16.5. The third kappa shape index (κ3) is 3.51. The number of aromatic nitrogens is 1. The summed E-state index contributed by atoms with van der Waals surface area (Å²) in [6, 6.07) is 3.13. The molecule has 0 amide bonds. The van der Waals surface area contributed by atoms with Gasteiger partial charge in [0.2, 0.25) is 0 Å². The maximum absolute atomic E-state index is 11.6. The topological polar surface area (TPSA) is 88.5 Å². The van der Waals surface area contributed by atoms with E-state index in [4.69, 9.17) is 0 Å². The number of nitrogens with one attached hydrogen (secondary N) is 1. The Morgan fingerprint density at radius 3 is 2.71 bits per heavy atom. The molecule has 114 valence electrons. The van der Waals surface area contributed by atoms with Crippen molar-refractivity contribution >= 4 is 17.8 Å². The van der Waals surface area contributed by atoms with Crippen LogP contribution in [0, 0.1) is 5.41 Å². The van der Waals surface area contributed by atoms with E-state index in [1.165, 1.54) is 13.3 Å². The molecule has 0 saturated heterocycles. The van der Waals surface area contributed by atoms with Gasteiger partial charge in [0.25, 0.3) is 0 Å². The fourth-order valence-electron chi connectivity index (χ4n) is 2.73. The predicted octanol–water partition coefficient (Wildman–Crippen LogP) is 2.32. The van der Waals surface area contributed by atoms with Crippen LogP contribution in [-0.4, -0.2) is 35.7 Å². The monoisotopic (exact) mass is 292 g/mol. The van der Waals surface area contributed by atoms with Crippen LogP contribution in [0.4, 0.5) is 5.82 Å². The minimum Gasteiger partial charge on any atom is -0.481 e. The van der Waals surface area contributed by atoms with Gasteiger partial charge in [-0.25, -0.2) is 9.78 Å². The van der Waals surface area contributed by atoms with Crippen LogP contribution in [0.5, 0.6) is 0 Å². The number of hydrogen-bond acceptors (Lipinski definition) is 5. The number of carbonyl (C=O) groups is 2. The van der Waals surface area contributed by atoms with Crippen LogP contribution in [-0.2, 0) is 9.53 Å². The van der Waals surface area contributed by atoms with Gasteiger partial charge in [0.1, 0.15) is 5.82 Å². The lowest BCUT2D eigenvalue weighted by molar-refractivity contribution is -0.150. The summed E-state index contributed by atoms with van der Waals surface area (Å²) in [5.74, 6) is -0.714. The molecule has 2 rings (SSSR count). The van der Waals surface area contributed by atoms with Gasteiger partial charge in [0.05, 0.1) is 18.1 Å². The molecule has 0 spiro atoms. The highest BCUT2D eigenvalue weighted by molar-refractivity contribution is 5.90. The highest BCUT2D eigenvalue weighted by Crippen LogP contribution is 2.36. The van der Waals surface area contributed by atoms with E-state index >= 15 is 0 Å². The van der Waals surface area contributed by atoms with Crippen LogP contribution in [0.2, 0.25) is 0 Å². The Morgan fingerprint density at radius 1 is 1.38 bits per heavy atom. The standard InChI is InChI=1S/C15H20N2O4/c1-21-13(18)11-5-8-16-12(9-11)17-10-15(14(19)20)6-3-2-4-7-15/h5,8-9H,2-4,6-7,10H2,1H3,(H,16,17)(H,19,20). The summed E-state index contributed by atoms with van der Waals surface area (Å²) in [5, 5.41) is 12.6. The van der Waals surface area contributed by atoms with E-state index in [1.807, 2.05) is 0 Å². The van der Waals surface area contributed by atoms with E-state index in [-0.39, 0.29) is 0 Å². The first-order valence-corrected chi connectivity index (χ1v) is 7.09. The van der Waals surface area contributed by atoms with Crippen molar-refractivity contribution in [2.75, 3.05) is 19.0 Å². The normalized spacial score (nSPS) is 17.0. The van der Waals surface area contributed by atoms with E-state index in [9.17, 15) is 14.7 Å². The molecule has 0 radical (unpaired) electrons. The summed E-state index contributed by atoms with van der Waals surface area (Å²) in [5.41, 5.74) is -0.343. The molecule has 1 saturated carbocycles. The third-order valence-electron chi connectivity index (χ3n) is 4.05. The smallest absolute Gasteiger partial charge is 0.338 e. The molecule has 1 heterocycles. The number of carbonyl (C=O) groups excluding carboxylic acids is 1. The van der Waals surface area contributed by atoms with Crippen LogP contribution < -0.4 is 5.32 Å². The van der Waals surface area contributed by atoms with Crippen molar-refractivity contribution in [3.63, 3.8) is 0 Å². The maximum atomic E-state index is 11.6. The number of nitrogens with zero attached hydrogens (tertiary/aromatic N) is 1. The van der Waals surface area contributed by atoms with Crippen molar-refractivity contribution in [3.05, 3.63) is 23.9 Å². The van der Waals surface area contributed by atoms with Crippen molar-refractivity contribution in [2.45, 2.75) is 32.1 Å². The molecule has 1 aromatic rings. The summed E-state index contributed by atoms with van der Waals surface area (Å²) >= 11 is 0. The van der Waals surface area contributed by atoms with Crippen LogP contribution >= 0.6 is 0 Å². The number of esters is 1. The van der Waals surface area contributed by atoms with Gasteiger partial charge < -0.3 is 15.2 Å². The summed E-state index contributed by atoms with van der Waals surface area (Å²) in [4.78, 5) is 27.2. The first-order valence-electron chi connectivity index (χ1n) is 7.09. The van der Waals surface area contributed by atoms with Crippen molar-refractivity contribution in [3.8, 4) is 0 Å². The predicted molar refractivity (Wildman–Crippen MR) is 77.2 cm³/mol. The third-order valence-corrected chi connectivity index (χ3v) is 4.05. The molecular formula is C15H20N2O4. The lowest BCUT2D eigenvalue weighted by atomic mass is 9.74. The van der Waals surface area contributed by atoms with Crippen molar-refractivity contribution in [2.24, 2.45) is 5.41 Å². The van der Waals surface area contributed by atoms with E-state index in [0.29, 0.717) is 30.8 Å². The molecule has 2 N–H and O–H groups in total. The first kappa shape index (κ1) is 15.3. The molecule has 0 aromatic carbocycles. The van der Waals surface area contributed by atoms with Crippen LogP contribution in [0.15, 0.2) is 18.3 Å². The van der Waals surface area contributed by atoms with Gasteiger partial charge in [0.15, 0.2) is 0 Å². The average Bonchev–Trinajstić information content (AvgIpc) is 2.53. The fraction of sp³-hybridized carbons (Fsp3) is 0.533. The largest absolute Gasteiger partial charge is 0.481 e. The van der Waals surface area contributed by atoms with Gasteiger partial charge in [-0.05, 0) is 25.0 Å². The molecular weight excluding hydrogens is 272 g/mol. The lowest BCUT2D eigenvalue weighted by Crippen LogP contribution is -2.39. The number of ether oxygens (including phenoxy) is 1. The Bertz CT molecular complexity index is 524. The van der Waals surface area contributed by atoms with Gasteiger partial charge in [-0.1, -0.05) is 19.3 Å². The Labute approximate surface area is 123 Å². The van der Waals surface area contributed by atoms with Gasteiger partial charge >= 0.3 is 11.9 Å². The van der Waals surface area contributed by atoms with Gasteiger partial charge in [0, 0.05) is 12.7 Å². The van der Waals surface area contributed by atoms with Gasteiger partial charge in [-0.3, -0.25) is 4.79 Å². The van der Waals surface area contributed by atoms with Crippen LogP contribution in [0.1, 0.15) is 42.5 Å². The SMILES string of the molecule is COC(=O)c1ccnc(NCC2(C(=O)O)CCCCC2)c1. The summed E-state index contributed by atoms with van der Waals surface area (Å²) in [6.07, 6.45) is 5.80. The summed E-state index contributed by atoms with van der Waals surface area (Å²) in [6.45, 7) is 0.319. The minimum atomic E-state index is -0.765. The number of anilines is 1. The molecule has 0 atom stereocenters. The molecule has 1 aliphatic carbocycles. The molecule has 1 aliphatic rings. The second-order valence-electron chi connectivity index (χ2n) is 5.42. The highest BCUT2D eigenvalue weighted by Gasteiger charge is 2.39. The van der Waals surface area contributed by atoms with Crippen molar-refractivity contribution in [1.29, 1.82) is 0 Å².